The van der Waals surface area contributed by atoms with Gasteiger partial charge in [-0.05, 0) is 30.0 Å². The van der Waals surface area contributed by atoms with Gasteiger partial charge in [0.2, 0.25) is 5.91 Å². The molecule has 2 aromatic heterocycles. The molecule has 6 heteroatoms. The zero-order valence-corrected chi connectivity index (χ0v) is 11.7. The van der Waals surface area contributed by atoms with Crippen LogP contribution >= 0.6 is 11.3 Å². The summed E-state index contributed by atoms with van der Waals surface area (Å²) in [6, 6.07) is 7.07. The number of nitrogens with zero attached hydrogens (tertiary/aromatic N) is 1. The molecule has 0 aliphatic rings. The third kappa shape index (κ3) is 4.47. The maximum atomic E-state index is 11.6. The largest absolute Gasteiger partial charge is 0.351 e. The van der Waals surface area contributed by atoms with E-state index in [-0.39, 0.29) is 11.8 Å². The minimum atomic E-state index is -0.0884. The maximum absolute atomic E-state index is 11.6. The molecule has 5 nitrogen and oxygen atoms in total. The zero-order valence-electron chi connectivity index (χ0n) is 10.8. The van der Waals surface area contributed by atoms with E-state index in [1.165, 1.54) is 11.3 Å². The normalized spacial score (nSPS) is 10.0. The van der Waals surface area contributed by atoms with Gasteiger partial charge in [0.05, 0.1) is 4.88 Å². The first-order valence-corrected chi connectivity index (χ1v) is 7.15. The van der Waals surface area contributed by atoms with Gasteiger partial charge in [-0.25, -0.2) is 0 Å². The van der Waals surface area contributed by atoms with Crippen LogP contribution in [0.2, 0.25) is 0 Å². The van der Waals surface area contributed by atoms with Crippen molar-refractivity contribution in [2.75, 3.05) is 11.9 Å². The minimum Gasteiger partial charge on any atom is -0.351 e. The number of anilines is 1. The van der Waals surface area contributed by atoms with Crippen LogP contribution in [0.25, 0.3) is 0 Å². The first kappa shape index (κ1) is 14.2. The second-order valence-electron chi connectivity index (χ2n) is 4.12. The summed E-state index contributed by atoms with van der Waals surface area (Å²) in [5.41, 5.74) is 0.729. The van der Waals surface area contributed by atoms with E-state index in [0.29, 0.717) is 24.3 Å². The highest BCUT2D eigenvalue weighted by atomic mass is 32.1. The average molecular weight is 289 g/mol. The molecule has 2 N–H and O–H groups in total. The summed E-state index contributed by atoms with van der Waals surface area (Å²) in [6.07, 6.45) is 4.22. The molecule has 2 heterocycles. The predicted octanol–water partition coefficient (Wildman–Crippen LogP) is 2.29. The number of pyridine rings is 1. The van der Waals surface area contributed by atoms with Crippen LogP contribution in [-0.4, -0.2) is 23.3 Å². The number of carbonyl (C=O) groups is 2. The third-order valence-corrected chi connectivity index (χ3v) is 3.44. The van der Waals surface area contributed by atoms with Gasteiger partial charge in [0, 0.05) is 31.0 Å². The van der Waals surface area contributed by atoms with Gasteiger partial charge >= 0.3 is 0 Å². The van der Waals surface area contributed by atoms with Crippen LogP contribution in [-0.2, 0) is 4.79 Å². The lowest BCUT2D eigenvalue weighted by Crippen LogP contribution is -2.24. The smallest absolute Gasteiger partial charge is 0.261 e. The molecule has 0 saturated heterocycles. The topological polar surface area (TPSA) is 71.1 Å². The van der Waals surface area contributed by atoms with E-state index in [2.05, 4.69) is 15.6 Å². The molecule has 0 radical (unpaired) electrons. The standard InChI is InChI=1S/C14H15N3O2S/c18-13(17-11-5-8-15-9-6-11)4-1-7-16-14(19)12-3-2-10-20-12/h2-3,5-6,8-10H,1,4,7H2,(H,16,19)(H,15,17,18). The highest BCUT2D eigenvalue weighted by molar-refractivity contribution is 7.12. The van der Waals surface area contributed by atoms with Crippen LogP contribution in [0.15, 0.2) is 42.0 Å². The third-order valence-electron chi connectivity index (χ3n) is 2.58. The summed E-state index contributed by atoms with van der Waals surface area (Å²) >= 11 is 1.40. The van der Waals surface area contributed by atoms with Crippen LogP contribution < -0.4 is 10.6 Å². The van der Waals surface area contributed by atoms with E-state index >= 15 is 0 Å². The van der Waals surface area contributed by atoms with Crippen molar-refractivity contribution in [1.29, 1.82) is 0 Å². The SMILES string of the molecule is O=C(CCCNC(=O)c1cccs1)Nc1ccncc1. The molecule has 0 saturated carbocycles. The lowest BCUT2D eigenvalue weighted by molar-refractivity contribution is -0.116. The quantitative estimate of drug-likeness (QED) is 0.802. The van der Waals surface area contributed by atoms with Crippen LogP contribution in [0.1, 0.15) is 22.5 Å². The molecule has 2 amide bonds. The van der Waals surface area contributed by atoms with Gasteiger partial charge in [-0.15, -0.1) is 11.3 Å². The first-order chi connectivity index (χ1) is 9.75. The number of aromatic nitrogens is 1. The van der Waals surface area contributed by atoms with Crippen LogP contribution in [0, 0.1) is 0 Å². The molecule has 0 spiro atoms. The highest BCUT2D eigenvalue weighted by Crippen LogP contribution is 2.08. The van der Waals surface area contributed by atoms with E-state index in [0.717, 1.165) is 5.69 Å². The molecule has 2 rings (SSSR count). The fraction of sp³-hybridized carbons (Fsp3) is 0.214. The lowest BCUT2D eigenvalue weighted by Gasteiger charge is -2.05. The first-order valence-electron chi connectivity index (χ1n) is 6.27. The summed E-state index contributed by atoms with van der Waals surface area (Å²) in [4.78, 5) is 27.8. The second kappa shape index (κ2) is 7.40. The molecule has 20 heavy (non-hydrogen) atoms. The van der Waals surface area contributed by atoms with Gasteiger partial charge in [-0.2, -0.15) is 0 Å². The van der Waals surface area contributed by atoms with Crippen molar-refractivity contribution in [3.05, 3.63) is 46.9 Å². The number of nitrogens with one attached hydrogen (secondary N) is 2. The zero-order chi connectivity index (χ0) is 14.2. The fourth-order valence-corrected chi connectivity index (χ4v) is 2.24. The number of hydrogen-bond acceptors (Lipinski definition) is 4. The van der Waals surface area contributed by atoms with E-state index in [1.54, 1.807) is 30.6 Å². The van der Waals surface area contributed by atoms with Crippen molar-refractivity contribution < 1.29 is 9.59 Å². The van der Waals surface area contributed by atoms with Crippen molar-refractivity contribution in [3.8, 4) is 0 Å². The summed E-state index contributed by atoms with van der Waals surface area (Å²) < 4.78 is 0. The molecular weight excluding hydrogens is 274 g/mol. The van der Waals surface area contributed by atoms with E-state index in [4.69, 9.17) is 0 Å². The van der Waals surface area contributed by atoms with Gasteiger partial charge in [0.15, 0.2) is 0 Å². The molecule has 0 bridgehead atoms. The Balaban J connectivity index is 1.64. The Labute approximate surface area is 121 Å². The monoisotopic (exact) mass is 289 g/mol. The summed E-state index contributed by atoms with van der Waals surface area (Å²) in [5.74, 6) is -0.156. The molecule has 0 fully saturated rings. The van der Waals surface area contributed by atoms with Crippen molar-refractivity contribution >= 4 is 28.8 Å². The average Bonchev–Trinajstić information content (AvgIpc) is 2.99. The summed E-state index contributed by atoms with van der Waals surface area (Å²) in [7, 11) is 0. The number of thiophene rings is 1. The lowest BCUT2D eigenvalue weighted by atomic mass is 10.2. The van der Waals surface area contributed by atoms with Gasteiger partial charge in [0.1, 0.15) is 0 Å². The van der Waals surface area contributed by atoms with E-state index in [9.17, 15) is 9.59 Å². The highest BCUT2D eigenvalue weighted by Gasteiger charge is 2.06. The van der Waals surface area contributed by atoms with Gasteiger partial charge in [0.25, 0.3) is 5.91 Å². The summed E-state index contributed by atoms with van der Waals surface area (Å²) in [6.45, 7) is 0.487. The fourth-order valence-electron chi connectivity index (χ4n) is 1.60. The van der Waals surface area contributed by atoms with Crippen molar-refractivity contribution in [1.82, 2.24) is 10.3 Å². The van der Waals surface area contributed by atoms with Crippen LogP contribution in [0.5, 0.6) is 0 Å². The predicted molar refractivity (Wildman–Crippen MR) is 78.8 cm³/mol. The molecule has 0 unspecified atom stereocenters. The molecule has 0 atom stereocenters. The Kier molecular flexibility index (Phi) is 5.25. The Bertz CT molecular complexity index is 555. The Morgan fingerprint density at radius 1 is 1.20 bits per heavy atom. The number of rotatable bonds is 6. The number of amides is 2. The molecule has 0 aliphatic heterocycles. The summed E-state index contributed by atoms with van der Waals surface area (Å²) in [5, 5.41) is 7.41. The van der Waals surface area contributed by atoms with Gasteiger partial charge in [-0.3, -0.25) is 14.6 Å². The Morgan fingerprint density at radius 3 is 2.70 bits per heavy atom. The molecule has 0 aromatic carbocycles. The van der Waals surface area contributed by atoms with Crippen molar-refractivity contribution in [2.45, 2.75) is 12.8 Å². The number of carbonyl (C=O) groups excluding carboxylic acids is 2. The minimum absolute atomic E-state index is 0.0680. The molecule has 104 valence electrons. The van der Waals surface area contributed by atoms with Gasteiger partial charge in [-0.1, -0.05) is 6.07 Å². The van der Waals surface area contributed by atoms with E-state index in [1.807, 2.05) is 11.4 Å². The second-order valence-corrected chi connectivity index (χ2v) is 5.07. The maximum Gasteiger partial charge on any atom is 0.261 e. The van der Waals surface area contributed by atoms with Crippen LogP contribution in [0.3, 0.4) is 0 Å². The number of hydrogen-bond donors (Lipinski definition) is 2. The Hall–Kier alpha value is -2.21. The van der Waals surface area contributed by atoms with Gasteiger partial charge < -0.3 is 10.6 Å². The Morgan fingerprint density at radius 2 is 2.00 bits per heavy atom. The van der Waals surface area contributed by atoms with Crippen LogP contribution in [0.4, 0.5) is 5.69 Å². The molecule has 0 aliphatic carbocycles. The molecule has 2 aromatic rings. The van der Waals surface area contributed by atoms with Crippen molar-refractivity contribution in [3.63, 3.8) is 0 Å². The van der Waals surface area contributed by atoms with Crippen molar-refractivity contribution in [2.24, 2.45) is 0 Å². The molecular formula is C14H15N3O2S. The van der Waals surface area contributed by atoms with E-state index < -0.39 is 0 Å².